The minimum absolute atomic E-state index is 0.0299. The highest BCUT2D eigenvalue weighted by Crippen LogP contribution is 2.31. The summed E-state index contributed by atoms with van der Waals surface area (Å²) >= 11 is 6.33. The molecule has 1 amide bonds. The summed E-state index contributed by atoms with van der Waals surface area (Å²) < 4.78 is 23.1. The van der Waals surface area contributed by atoms with Gasteiger partial charge in [0, 0.05) is 37.1 Å². The summed E-state index contributed by atoms with van der Waals surface area (Å²) in [7, 11) is 0. The lowest BCUT2D eigenvalue weighted by molar-refractivity contribution is -0.00206. The van der Waals surface area contributed by atoms with Gasteiger partial charge in [-0.05, 0) is 39.2 Å². The molecule has 1 fully saturated rings. The Morgan fingerprint density at radius 3 is 2.54 bits per heavy atom. The zero-order chi connectivity index (χ0) is 26.3. The van der Waals surface area contributed by atoms with Crippen LogP contribution in [0.25, 0.3) is 0 Å². The molecule has 1 aromatic heterocycles. The third-order valence-electron chi connectivity index (χ3n) is 6.50. The van der Waals surface area contributed by atoms with E-state index in [2.05, 4.69) is 22.0 Å². The molecule has 0 saturated carbocycles. The Bertz CT molecular complexity index is 1010. The molecule has 4 rings (SSSR count). The van der Waals surface area contributed by atoms with Crippen molar-refractivity contribution < 1.29 is 23.7 Å². The number of carbonyl (C=O) groups excluding carboxylic acids is 1. The monoisotopic (exact) mass is 531 g/mol. The molecule has 8 nitrogen and oxygen atoms in total. The van der Waals surface area contributed by atoms with E-state index in [4.69, 9.17) is 30.5 Å². The summed E-state index contributed by atoms with van der Waals surface area (Å²) in [5, 5.41) is 0. The van der Waals surface area contributed by atoms with Crippen LogP contribution in [0, 0.1) is 0 Å². The van der Waals surface area contributed by atoms with E-state index in [-0.39, 0.29) is 18.2 Å². The van der Waals surface area contributed by atoms with E-state index in [9.17, 15) is 4.79 Å². The molecule has 9 heteroatoms. The minimum Gasteiger partial charge on any atom is -0.486 e. The number of nitrogens with zero attached hydrogens (tertiary/aromatic N) is 3. The number of alkyl halides is 1. The van der Waals surface area contributed by atoms with Crippen molar-refractivity contribution in [3.8, 4) is 11.5 Å². The Balaban J connectivity index is 1.37. The van der Waals surface area contributed by atoms with Gasteiger partial charge in [-0.1, -0.05) is 30.3 Å². The van der Waals surface area contributed by atoms with E-state index in [0.29, 0.717) is 50.4 Å². The van der Waals surface area contributed by atoms with Crippen molar-refractivity contribution >= 4 is 17.7 Å². The first-order valence-corrected chi connectivity index (χ1v) is 13.5. The molecule has 1 atom stereocenters. The van der Waals surface area contributed by atoms with Crippen LogP contribution >= 0.6 is 11.6 Å². The molecule has 0 bridgehead atoms. The van der Waals surface area contributed by atoms with E-state index in [1.54, 1.807) is 6.20 Å². The van der Waals surface area contributed by atoms with E-state index >= 15 is 0 Å². The first-order chi connectivity index (χ1) is 17.8. The van der Waals surface area contributed by atoms with Crippen LogP contribution < -0.4 is 9.47 Å². The average molecular weight is 532 g/mol. The number of hydrogen-bond donors (Lipinski definition) is 0. The number of benzene rings is 1. The number of aromatic nitrogens is 1. The Hall–Kier alpha value is -2.55. The molecule has 2 aromatic rings. The first-order valence-electron chi connectivity index (χ1n) is 13.0. The number of pyridine rings is 1. The largest absolute Gasteiger partial charge is 0.486 e. The third kappa shape index (κ3) is 7.97. The molecule has 2 aliphatic rings. The van der Waals surface area contributed by atoms with Gasteiger partial charge in [-0.25, -0.2) is 4.79 Å². The molecule has 0 aliphatic carbocycles. The zero-order valence-electron chi connectivity index (χ0n) is 22.0. The maximum Gasteiger partial charge on any atom is 0.410 e. The number of piperidine rings is 1. The predicted octanol–water partition coefficient (Wildman–Crippen LogP) is 4.88. The minimum atomic E-state index is -0.587. The Morgan fingerprint density at radius 2 is 1.86 bits per heavy atom. The van der Waals surface area contributed by atoms with Crippen LogP contribution in [0.5, 0.6) is 11.5 Å². The van der Waals surface area contributed by atoms with Gasteiger partial charge < -0.3 is 18.9 Å². The van der Waals surface area contributed by atoms with Crippen LogP contribution in [-0.4, -0.2) is 77.4 Å². The van der Waals surface area contributed by atoms with Gasteiger partial charge >= 0.3 is 6.09 Å². The summed E-state index contributed by atoms with van der Waals surface area (Å²) in [5.74, 6) is 1.79. The van der Waals surface area contributed by atoms with Gasteiger partial charge in [-0.15, -0.1) is 11.6 Å². The molecule has 0 N–H and O–H groups in total. The third-order valence-corrected chi connectivity index (χ3v) is 6.86. The van der Waals surface area contributed by atoms with E-state index in [1.165, 1.54) is 0 Å². The lowest BCUT2D eigenvalue weighted by atomic mass is 10.0. The standard InChI is InChI=1S/C28H38ClN3O5/c1-28(2,3)37-27(33)32(18-22-15-25-26(17-30-22)36-14-13-35-25)23-9-11-31(12-10-23)24(16-29)20-34-19-21-7-5-4-6-8-21/h4-8,15,17,23-24H,9-14,16,18-20H2,1-3H3. The van der Waals surface area contributed by atoms with E-state index in [0.717, 1.165) is 37.2 Å². The fourth-order valence-corrected chi connectivity index (χ4v) is 4.90. The molecule has 1 aromatic carbocycles. The topological polar surface area (TPSA) is 73.4 Å². The second-order valence-corrected chi connectivity index (χ2v) is 10.8. The molecule has 0 radical (unpaired) electrons. The van der Waals surface area contributed by atoms with Crippen molar-refractivity contribution in [2.24, 2.45) is 0 Å². The highest BCUT2D eigenvalue weighted by atomic mass is 35.5. The predicted molar refractivity (Wildman–Crippen MR) is 142 cm³/mol. The number of likely N-dealkylation sites (tertiary alicyclic amines) is 1. The highest BCUT2D eigenvalue weighted by Gasteiger charge is 2.33. The van der Waals surface area contributed by atoms with Crippen molar-refractivity contribution in [1.82, 2.24) is 14.8 Å². The Labute approximate surface area is 224 Å². The Kier molecular flexibility index (Phi) is 9.51. The van der Waals surface area contributed by atoms with Gasteiger partial charge in [0.05, 0.1) is 31.6 Å². The fraction of sp³-hybridized carbons (Fsp3) is 0.571. The van der Waals surface area contributed by atoms with Crippen LogP contribution in [0.2, 0.25) is 0 Å². The van der Waals surface area contributed by atoms with Gasteiger partial charge in [0.25, 0.3) is 0 Å². The first kappa shape index (κ1) is 27.5. The number of rotatable bonds is 9. The van der Waals surface area contributed by atoms with Gasteiger partial charge in [-0.2, -0.15) is 0 Å². The van der Waals surface area contributed by atoms with Gasteiger partial charge in [0.15, 0.2) is 11.5 Å². The molecule has 37 heavy (non-hydrogen) atoms. The lowest BCUT2D eigenvalue weighted by Gasteiger charge is -2.41. The van der Waals surface area contributed by atoms with Crippen molar-refractivity contribution in [2.45, 2.75) is 64.4 Å². The number of carbonyl (C=O) groups is 1. The van der Waals surface area contributed by atoms with E-state index in [1.807, 2.05) is 49.9 Å². The number of ether oxygens (including phenoxy) is 4. The summed E-state index contributed by atoms with van der Waals surface area (Å²) in [5.41, 5.74) is 1.30. The molecular weight excluding hydrogens is 494 g/mol. The van der Waals surface area contributed by atoms with Crippen LogP contribution in [0.3, 0.4) is 0 Å². The average Bonchev–Trinajstić information content (AvgIpc) is 2.89. The fourth-order valence-electron chi connectivity index (χ4n) is 4.61. The van der Waals surface area contributed by atoms with Crippen LogP contribution in [-0.2, 0) is 22.6 Å². The molecule has 0 spiro atoms. The van der Waals surface area contributed by atoms with Crippen LogP contribution in [0.15, 0.2) is 42.6 Å². The smallest absolute Gasteiger partial charge is 0.410 e. The maximum absolute atomic E-state index is 13.3. The van der Waals surface area contributed by atoms with Gasteiger partial charge in [0.1, 0.15) is 18.8 Å². The maximum atomic E-state index is 13.3. The van der Waals surface area contributed by atoms with Gasteiger partial charge in [0.2, 0.25) is 0 Å². The zero-order valence-corrected chi connectivity index (χ0v) is 22.8. The number of hydrogen-bond acceptors (Lipinski definition) is 7. The normalized spacial score (nSPS) is 17.3. The number of halogens is 1. The van der Waals surface area contributed by atoms with Crippen LogP contribution in [0.4, 0.5) is 4.79 Å². The molecule has 1 unspecified atom stereocenters. The second-order valence-electron chi connectivity index (χ2n) is 10.5. The number of fused-ring (bicyclic) bond motifs is 1. The molecule has 1 saturated heterocycles. The van der Waals surface area contributed by atoms with Gasteiger partial charge in [-0.3, -0.25) is 14.8 Å². The molecule has 3 heterocycles. The summed E-state index contributed by atoms with van der Waals surface area (Å²) in [4.78, 5) is 22.0. The SMILES string of the molecule is CC(C)(C)OC(=O)N(Cc1cc2c(cn1)OCCO2)C1CCN(C(CCl)COCc2ccccc2)CC1. The molecule has 202 valence electrons. The summed E-state index contributed by atoms with van der Waals surface area (Å²) in [6.45, 7) is 9.79. The highest BCUT2D eigenvalue weighted by molar-refractivity contribution is 6.18. The van der Waals surface area contributed by atoms with Crippen molar-refractivity contribution in [3.05, 3.63) is 53.9 Å². The summed E-state index contributed by atoms with van der Waals surface area (Å²) in [6.07, 6.45) is 2.97. The van der Waals surface area contributed by atoms with E-state index < -0.39 is 5.60 Å². The second kappa shape index (κ2) is 12.8. The molecular formula is C28H38ClN3O5. The molecule has 2 aliphatic heterocycles. The quantitative estimate of drug-likeness (QED) is 0.427. The Morgan fingerprint density at radius 1 is 1.16 bits per heavy atom. The van der Waals surface area contributed by atoms with Crippen molar-refractivity contribution in [1.29, 1.82) is 0 Å². The number of amides is 1. The lowest BCUT2D eigenvalue weighted by Crippen LogP contribution is -2.51. The van der Waals surface area contributed by atoms with Crippen LogP contribution in [0.1, 0.15) is 44.9 Å². The van der Waals surface area contributed by atoms with Crippen molar-refractivity contribution in [2.75, 3.05) is 38.8 Å². The summed E-state index contributed by atoms with van der Waals surface area (Å²) in [6, 6.07) is 12.2. The van der Waals surface area contributed by atoms with Crippen molar-refractivity contribution in [3.63, 3.8) is 0 Å².